The lowest BCUT2D eigenvalue weighted by Crippen LogP contribution is -2.47. The molecule has 5 rings (SSSR count). The van der Waals surface area contributed by atoms with Crippen molar-refractivity contribution in [1.29, 1.82) is 0 Å². The minimum absolute atomic E-state index is 0.0198. The Morgan fingerprint density at radius 3 is 2.25 bits per heavy atom. The number of ketones is 1. The number of carboxylic acids is 1. The van der Waals surface area contributed by atoms with Gasteiger partial charge in [0, 0.05) is 36.9 Å². The Kier molecular flexibility index (Phi) is 12.9. The van der Waals surface area contributed by atoms with Crippen LogP contribution < -0.4 is 5.73 Å². The van der Waals surface area contributed by atoms with Crippen molar-refractivity contribution < 1.29 is 33.5 Å². The molecule has 0 spiro atoms. The molecule has 0 aromatic heterocycles. The molecule has 3 unspecified atom stereocenters. The number of amidine groups is 1. The maximum absolute atomic E-state index is 12.9. The van der Waals surface area contributed by atoms with Crippen LogP contribution in [0, 0.1) is 11.3 Å². The Bertz CT molecular complexity index is 1060. The Morgan fingerprint density at radius 2 is 1.73 bits per heavy atom. The van der Waals surface area contributed by atoms with Gasteiger partial charge < -0.3 is 15.6 Å². The first kappa shape index (κ1) is 33.0. The summed E-state index contributed by atoms with van der Waals surface area (Å²) in [7, 11) is 3.42. The van der Waals surface area contributed by atoms with Gasteiger partial charge in [-0.3, -0.25) is 14.6 Å². The van der Waals surface area contributed by atoms with E-state index in [4.69, 9.17) is 15.6 Å². The normalized spacial score (nSPS) is 27.0. The summed E-state index contributed by atoms with van der Waals surface area (Å²) in [4.78, 5) is 49.2. The van der Waals surface area contributed by atoms with E-state index in [9.17, 15) is 19.2 Å². The lowest BCUT2D eigenvalue weighted by molar-refractivity contribution is -0.826. The molecule has 220 valence electrons. The second kappa shape index (κ2) is 15.6. The fraction of sp³-hybridized carbons (Fsp3) is 0.581. The average Bonchev–Trinajstić information content (AvgIpc) is 3.50. The van der Waals surface area contributed by atoms with Crippen molar-refractivity contribution in [2.45, 2.75) is 90.4 Å². The number of benzene rings is 1. The topological polar surface area (TPSA) is 136 Å². The molecule has 1 aromatic carbocycles. The van der Waals surface area contributed by atoms with Crippen LogP contribution in [-0.4, -0.2) is 66.3 Å². The van der Waals surface area contributed by atoms with Gasteiger partial charge in [-0.1, -0.05) is 32.0 Å². The lowest BCUT2D eigenvalue weighted by atomic mass is 9.58. The fourth-order valence-electron chi connectivity index (χ4n) is 5.84. The standard InChI is InChI=1S/C21H34N3O3.C8H6O3.C2H6/c1-23-19(22)10-14-24(2,15-25)20-6-4-17(27-20)3-5-18(26)21-11-7-16(8-12-21)9-13-21;9-5-6-3-1-2-4-7(6)8(10)11;1-2/h10,14-17,20H,3-9,11-13H2,1-2H3,(H2,22,23);1-5H,(H,10,11);1-2H3/q+1;;/b14-10-;;. The third-order valence-corrected chi connectivity index (χ3v) is 8.45. The molecule has 3 aliphatic carbocycles. The quantitative estimate of drug-likeness (QED) is 0.176. The Hall–Kier alpha value is -3.17. The molecular weight excluding hydrogens is 510 g/mol. The molecule has 1 heterocycles. The maximum Gasteiger partial charge on any atom is 0.336 e. The lowest BCUT2D eigenvalue weighted by Gasteiger charge is -2.45. The van der Waals surface area contributed by atoms with Gasteiger partial charge in [0.1, 0.15) is 17.8 Å². The molecule has 1 aliphatic heterocycles. The van der Waals surface area contributed by atoms with Crippen LogP contribution in [0.5, 0.6) is 0 Å². The molecule has 2 bridgehead atoms. The summed E-state index contributed by atoms with van der Waals surface area (Å²) in [6, 6.07) is 6.06. The van der Waals surface area contributed by atoms with Gasteiger partial charge >= 0.3 is 12.4 Å². The second-order valence-corrected chi connectivity index (χ2v) is 10.8. The number of carboxylic acid groups (broad SMARTS) is 1. The number of aliphatic imine (C=N–C) groups is 1. The van der Waals surface area contributed by atoms with E-state index >= 15 is 0 Å². The summed E-state index contributed by atoms with van der Waals surface area (Å²) in [5.41, 5.74) is 5.92. The zero-order chi connectivity index (χ0) is 29.8. The van der Waals surface area contributed by atoms with E-state index in [1.54, 1.807) is 31.5 Å². The minimum atomic E-state index is -1.08. The molecule has 1 aromatic rings. The largest absolute Gasteiger partial charge is 0.478 e. The van der Waals surface area contributed by atoms with Gasteiger partial charge in [-0.25, -0.2) is 14.1 Å². The van der Waals surface area contributed by atoms with Gasteiger partial charge in [0.05, 0.1) is 18.7 Å². The first-order valence-corrected chi connectivity index (χ1v) is 14.4. The SMILES string of the molecule is CC.CN=C(N)/C=C\[N+](C)(C=O)C1CCC(CCC(=O)C23CCC(CC2)CC3)O1.O=Cc1ccccc1C(=O)O. The molecule has 40 heavy (non-hydrogen) atoms. The van der Waals surface area contributed by atoms with Crippen LogP contribution >= 0.6 is 0 Å². The van der Waals surface area contributed by atoms with Crippen LogP contribution in [0.15, 0.2) is 41.5 Å². The van der Waals surface area contributed by atoms with E-state index in [0.717, 1.165) is 50.9 Å². The van der Waals surface area contributed by atoms with Crippen LogP contribution in [0.25, 0.3) is 0 Å². The number of amides is 1. The summed E-state index contributed by atoms with van der Waals surface area (Å²) >= 11 is 0. The predicted octanol–water partition coefficient (Wildman–Crippen LogP) is 5.14. The van der Waals surface area contributed by atoms with Gasteiger partial charge in [0.25, 0.3) is 0 Å². The highest BCUT2D eigenvalue weighted by atomic mass is 16.5. The van der Waals surface area contributed by atoms with Crippen molar-refractivity contribution in [3.05, 3.63) is 47.7 Å². The van der Waals surface area contributed by atoms with Gasteiger partial charge in [-0.2, -0.15) is 0 Å². The summed E-state index contributed by atoms with van der Waals surface area (Å²) in [6.07, 6.45) is 14.7. The molecule has 1 saturated heterocycles. The average molecular weight is 557 g/mol. The van der Waals surface area contributed by atoms with Crippen molar-refractivity contribution in [1.82, 2.24) is 0 Å². The van der Waals surface area contributed by atoms with E-state index in [0.29, 0.717) is 24.3 Å². The molecular formula is C31H46N3O6+. The zero-order valence-corrected chi connectivity index (χ0v) is 24.4. The summed E-state index contributed by atoms with van der Waals surface area (Å²) in [5, 5.41) is 8.54. The van der Waals surface area contributed by atoms with Crippen LogP contribution in [0.4, 0.5) is 0 Å². The first-order chi connectivity index (χ1) is 19.2. The van der Waals surface area contributed by atoms with Gasteiger partial charge in [0.15, 0.2) is 6.29 Å². The Labute approximate surface area is 238 Å². The highest BCUT2D eigenvalue weighted by molar-refractivity contribution is 5.97. The number of Topliss-reactive ketones (excluding diaryl/α,β-unsaturated/α-hetero) is 1. The number of carbonyl (C=O) groups is 4. The molecule has 9 nitrogen and oxygen atoms in total. The van der Waals surface area contributed by atoms with Gasteiger partial charge in [-0.05, 0) is 63.4 Å². The smallest absolute Gasteiger partial charge is 0.336 e. The molecule has 3 N–H and O–H groups in total. The highest BCUT2D eigenvalue weighted by Crippen LogP contribution is 2.51. The molecule has 3 atom stereocenters. The number of rotatable bonds is 10. The molecule has 9 heteroatoms. The number of hydrogen-bond acceptors (Lipinski definition) is 6. The molecule has 0 radical (unpaired) electrons. The maximum atomic E-state index is 12.9. The Balaban J connectivity index is 0.000000360. The third kappa shape index (κ3) is 8.41. The van der Waals surface area contributed by atoms with Crippen molar-refractivity contribution >= 4 is 30.3 Å². The number of fused-ring (bicyclic) bond motifs is 3. The van der Waals surface area contributed by atoms with Crippen LogP contribution in [-0.2, 0) is 14.3 Å². The summed E-state index contributed by atoms with van der Waals surface area (Å²) in [5.74, 6) is 0.625. The van der Waals surface area contributed by atoms with E-state index in [1.807, 2.05) is 20.9 Å². The Morgan fingerprint density at radius 1 is 1.10 bits per heavy atom. The monoisotopic (exact) mass is 556 g/mol. The third-order valence-electron chi connectivity index (χ3n) is 8.45. The van der Waals surface area contributed by atoms with E-state index in [-0.39, 0.29) is 33.4 Å². The van der Waals surface area contributed by atoms with Crippen LogP contribution in [0.1, 0.15) is 98.8 Å². The highest BCUT2D eigenvalue weighted by Gasteiger charge is 2.45. The van der Waals surface area contributed by atoms with Crippen LogP contribution in [0.3, 0.4) is 0 Å². The molecule has 4 aliphatic rings. The van der Waals surface area contributed by atoms with Crippen molar-refractivity contribution in [2.24, 2.45) is 22.1 Å². The van der Waals surface area contributed by atoms with E-state index < -0.39 is 5.97 Å². The van der Waals surface area contributed by atoms with E-state index in [1.165, 1.54) is 31.4 Å². The minimum Gasteiger partial charge on any atom is -0.478 e. The molecule has 1 amide bonds. The van der Waals surface area contributed by atoms with Crippen LogP contribution in [0.2, 0.25) is 0 Å². The number of aromatic carboxylic acids is 1. The van der Waals surface area contributed by atoms with Gasteiger partial charge in [-0.15, -0.1) is 0 Å². The number of aldehydes is 1. The number of nitrogens with zero attached hydrogens (tertiary/aromatic N) is 2. The van der Waals surface area contributed by atoms with Gasteiger partial charge in [0.2, 0.25) is 6.23 Å². The van der Waals surface area contributed by atoms with E-state index in [2.05, 4.69) is 4.99 Å². The molecule has 4 fully saturated rings. The number of hydrogen-bond donors (Lipinski definition) is 2. The zero-order valence-electron chi connectivity index (χ0n) is 24.4. The second-order valence-electron chi connectivity index (χ2n) is 10.8. The van der Waals surface area contributed by atoms with Crippen molar-refractivity contribution in [2.75, 3.05) is 14.1 Å². The number of carbonyl (C=O) groups excluding carboxylic acids is 3. The van der Waals surface area contributed by atoms with Crippen molar-refractivity contribution in [3.8, 4) is 0 Å². The first-order valence-electron chi connectivity index (χ1n) is 14.4. The fourth-order valence-corrected chi connectivity index (χ4v) is 5.84. The predicted molar refractivity (Wildman–Crippen MR) is 155 cm³/mol. The summed E-state index contributed by atoms with van der Waals surface area (Å²) < 4.78 is 6.17. The summed E-state index contributed by atoms with van der Waals surface area (Å²) in [6.45, 7) is 4.00. The molecule has 3 saturated carbocycles. The number of ether oxygens (including phenoxy) is 1. The number of quaternary nitrogens is 1. The van der Waals surface area contributed by atoms with Crippen molar-refractivity contribution in [3.63, 3.8) is 0 Å². The number of nitrogens with two attached hydrogens (primary N) is 1.